The molecule has 2 aromatic rings. The predicted molar refractivity (Wildman–Crippen MR) is 61.3 cm³/mol. The number of halogens is 2. The molecule has 2 N–H and O–H groups in total. The first-order valence-electron chi connectivity index (χ1n) is 4.90. The monoisotopic (exact) mass is 239 g/mol. The van der Waals surface area contributed by atoms with Gasteiger partial charge in [-0.1, -0.05) is 12.1 Å². The first kappa shape index (κ1) is 11.2. The van der Waals surface area contributed by atoms with Crippen LogP contribution < -0.4 is 5.73 Å². The maximum absolute atomic E-state index is 13.4. The highest BCUT2D eigenvalue weighted by atomic mass is 32.1. The largest absolute Gasteiger partial charge is 0.323 e. The third-order valence-corrected chi connectivity index (χ3v) is 3.40. The van der Waals surface area contributed by atoms with Gasteiger partial charge in [-0.05, 0) is 30.0 Å². The molecule has 0 spiro atoms. The zero-order chi connectivity index (χ0) is 11.5. The van der Waals surface area contributed by atoms with Crippen LogP contribution in [-0.2, 0) is 6.42 Å². The summed E-state index contributed by atoms with van der Waals surface area (Å²) in [6.45, 7) is 0. The molecule has 1 unspecified atom stereocenters. The Morgan fingerprint density at radius 2 is 1.81 bits per heavy atom. The van der Waals surface area contributed by atoms with Gasteiger partial charge >= 0.3 is 0 Å². The highest BCUT2D eigenvalue weighted by Crippen LogP contribution is 2.23. The maximum Gasteiger partial charge on any atom is 0.129 e. The van der Waals surface area contributed by atoms with Crippen LogP contribution in [0, 0.1) is 11.6 Å². The van der Waals surface area contributed by atoms with E-state index in [1.165, 1.54) is 29.5 Å². The third kappa shape index (κ3) is 2.28. The third-order valence-electron chi connectivity index (χ3n) is 2.39. The Balaban J connectivity index is 2.21. The van der Waals surface area contributed by atoms with Gasteiger partial charge in [-0.2, -0.15) is 0 Å². The standard InChI is InChI=1S/C12H11F2NS/c13-9-3-1-4-10(14)8(9)7-11(15)12-5-2-6-16-12/h1-6,11H,7,15H2. The summed E-state index contributed by atoms with van der Waals surface area (Å²) in [5, 5.41) is 1.90. The number of hydrogen-bond acceptors (Lipinski definition) is 2. The molecule has 1 atom stereocenters. The Morgan fingerprint density at radius 1 is 1.12 bits per heavy atom. The van der Waals surface area contributed by atoms with E-state index in [1.54, 1.807) is 0 Å². The van der Waals surface area contributed by atoms with Crippen LogP contribution in [0.1, 0.15) is 16.5 Å². The lowest BCUT2D eigenvalue weighted by molar-refractivity contribution is 0.541. The van der Waals surface area contributed by atoms with Gasteiger partial charge in [-0.15, -0.1) is 11.3 Å². The summed E-state index contributed by atoms with van der Waals surface area (Å²) in [6, 6.07) is 7.24. The molecule has 1 aromatic carbocycles. The molecule has 16 heavy (non-hydrogen) atoms. The topological polar surface area (TPSA) is 26.0 Å². The van der Waals surface area contributed by atoms with Crippen LogP contribution in [-0.4, -0.2) is 0 Å². The second kappa shape index (κ2) is 4.72. The van der Waals surface area contributed by atoms with Crippen molar-refractivity contribution in [2.45, 2.75) is 12.5 Å². The average Bonchev–Trinajstić information content (AvgIpc) is 2.76. The van der Waals surface area contributed by atoms with Crippen molar-refractivity contribution in [3.63, 3.8) is 0 Å². The Hall–Kier alpha value is -1.26. The van der Waals surface area contributed by atoms with Crippen molar-refractivity contribution in [3.05, 3.63) is 57.8 Å². The normalized spacial score (nSPS) is 12.7. The van der Waals surface area contributed by atoms with Crippen molar-refractivity contribution >= 4 is 11.3 Å². The molecule has 4 heteroatoms. The van der Waals surface area contributed by atoms with Gasteiger partial charge in [0.15, 0.2) is 0 Å². The summed E-state index contributed by atoms with van der Waals surface area (Å²) in [7, 11) is 0. The van der Waals surface area contributed by atoms with Crippen LogP contribution in [0.3, 0.4) is 0 Å². The molecule has 0 saturated heterocycles. The van der Waals surface area contributed by atoms with Crippen LogP contribution in [0.15, 0.2) is 35.7 Å². The van der Waals surface area contributed by atoms with Crippen molar-refractivity contribution in [3.8, 4) is 0 Å². The predicted octanol–water partition coefficient (Wildman–Crippen LogP) is 3.27. The summed E-state index contributed by atoms with van der Waals surface area (Å²) in [5.74, 6) is -1.07. The van der Waals surface area contributed by atoms with E-state index >= 15 is 0 Å². The fourth-order valence-electron chi connectivity index (χ4n) is 1.55. The first-order valence-corrected chi connectivity index (χ1v) is 5.78. The number of nitrogens with two attached hydrogens (primary N) is 1. The Bertz CT molecular complexity index is 448. The molecule has 1 heterocycles. The van der Waals surface area contributed by atoms with Crippen LogP contribution >= 0.6 is 11.3 Å². The molecule has 0 aliphatic carbocycles. The molecule has 0 amide bonds. The van der Waals surface area contributed by atoms with Crippen LogP contribution in [0.2, 0.25) is 0 Å². The van der Waals surface area contributed by atoms with Gasteiger partial charge in [0.25, 0.3) is 0 Å². The van der Waals surface area contributed by atoms with Gasteiger partial charge in [0, 0.05) is 16.5 Å². The van der Waals surface area contributed by atoms with E-state index in [9.17, 15) is 8.78 Å². The fourth-order valence-corrected chi connectivity index (χ4v) is 2.28. The molecule has 0 bridgehead atoms. The quantitative estimate of drug-likeness (QED) is 0.874. The molecule has 0 fully saturated rings. The molecular formula is C12H11F2NS. The maximum atomic E-state index is 13.4. The van der Waals surface area contributed by atoms with Gasteiger partial charge in [-0.25, -0.2) is 8.78 Å². The molecule has 1 aromatic heterocycles. The smallest absolute Gasteiger partial charge is 0.129 e. The SMILES string of the molecule is NC(Cc1c(F)cccc1F)c1cccs1. The van der Waals surface area contributed by atoms with Crippen LogP contribution in [0.25, 0.3) is 0 Å². The number of rotatable bonds is 3. The molecule has 0 radical (unpaired) electrons. The number of hydrogen-bond donors (Lipinski definition) is 1. The van der Waals surface area contributed by atoms with E-state index in [4.69, 9.17) is 5.73 Å². The van der Waals surface area contributed by atoms with E-state index in [1.807, 2.05) is 17.5 Å². The minimum absolute atomic E-state index is 0.0587. The lowest BCUT2D eigenvalue weighted by Gasteiger charge is -2.10. The van der Waals surface area contributed by atoms with E-state index in [0.29, 0.717) is 0 Å². The number of benzene rings is 1. The lowest BCUT2D eigenvalue weighted by atomic mass is 10.0. The number of thiophene rings is 1. The zero-order valence-corrected chi connectivity index (χ0v) is 9.31. The lowest BCUT2D eigenvalue weighted by Crippen LogP contribution is -2.13. The molecule has 0 aliphatic rings. The summed E-state index contributed by atoms with van der Waals surface area (Å²) in [6.07, 6.45) is 0.180. The molecule has 0 saturated carbocycles. The van der Waals surface area contributed by atoms with E-state index in [-0.39, 0.29) is 18.0 Å². The van der Waals surface area contributed by atoms with Crippen molar-refractivity contribution in [2.75, 3.05) is 0 Å². The summed E-state index contributed by atoms with van der Waals surface area (Å²) < 4.78 is 26.7. The Morgan fingerprint density at radius 3 is 2.38 bits per heavy atom. The van der Waals surface area contributed by atoms with Gasteiger partial charge in [-0.3, -0.25) is 0 Å². The second-order valence-electron chi connectivity index (χ2n) is 3.53. The van der Waals surface area contributed by atoms with Crippen LogP contribution in [0.4, 0.5) is 8.78 Å². The highest BCUT2D eigenvalue weighted by Gasteiger charge is 2.14. The molecule has 2 rings (SSSR count). The molecule has 0 aliphatic heterocycles. The molecular weight excluding hydrogens is 228 g/mol. The van der Waals surface area contributed by atoms with Crippen molar-refractivity contribution in [2.24, 2.45) is 5.73 Å². The van der Waals surface area contributed by atoms with Crippen molar-refractivity contribution in [1.29, 1.82) is 0 Å². The highest BCUT2D eigenvalue weighted by molar-refractivity contribution is 7.10. The van der Waals surface area contributed by atoms with E-state index < -0.39 is 11.6 Å². The minimum Gasteiger partial charge on any atom is -0.323 e. The average molecular weight is 239 g/mol. The molecule has 84 valence electrons. The Kier molecular flexibility index (Phi) is 3.31. The van der Waals surface area contributed by atoms with Crippen molar-refractivity contribution in [1.82, 2.24) is 0 Å². The fraction of sp³-hybridized carbons (Fsp3) is 0.167. The van der Waals surface area contributed by atoms with Gasteiger partial charge in [0.1, 0.15) is 11.6 Å². The Labute approximate surface area is 96.5 Å². The van der Waals surface area contributed by atoms with E-state index in [0.717, 1.165) is 4.88 Å². The van der Waals surface area contributed by atoms with Gasteiger partial charge in [0.2, 0.25) is 0 Å². The summed E-state index contributed by atoms with van der Waals surface area (Å²) in [5.41, 5.74) is 5.95. The van der Waals surface area contributed by atoms with E-state index in [2.05, 4.69) is 0 Å². The zero-order valence-electron chi connectivity index (χ0n) is 8.49. The molecule has 1 nitrogen and oxygen atoms in total. The summed E-state index contributed by atoms with van der Waals surface area (Å²) in [4.78, 5) is 0.933. The van der Waals surface area contributed by atoms with Crippen LogP contribution in [0.5, 0.6) is 0 Å². The van der Waals surface area contributed by atoms with Crippen molar-refractivity contribution < 1.29 is 8.78 Å². The van der Waals surface area contributed by atoms with Gasteiger partial charge < -0.3 is 5.73 Å². The second-order valence-corrected chi connectivity index (χ2v) is 4.51. The van der Waals surface area contributed by atoms with Gasteiger partial charge in [0.05, 0.1) is 0 Å². The first-order chi connectivity index (χ1) is 7.68. The minimum atomic E-state index is -0.535. The summed E-state index contributed by atoms with van der Waals surface area (Å²) >= 11 is 1.49.